The van der Waals surface area contributed by atoms with Crippen molar-refractivity contribution in [1.29, 1.82) is 0 Å². The minimum atomic E-state index is -0.980. The summed E-state index contributed by atoms with van der Waals surface area (Å²) in [5, 5.41) is 20.5. The maximum Gasteiger partial charge on any atom is 0.303 e. The topological polar surface area (TPSA) is 170 Å². The van der Waals surface area contributed by atoms with Crippen molar-refractivity contribution >= 4 is 29.6 Å². The lowest BCUT2D eigenvalue weighted by atomic mass is 9.97. The Labute approximate surface area is 255 Å². The summed E-state index contributed by atoms with van der Waals surface area (Å²) in [5.41, 5.74) is 1.05. The van der Waals surface area contributed by atoms with Crippen molar-refractivity contribution in [3.8, 4) is 0 Å². The first-order chi connectivity index (χ1) is 20.5. The van der Waals surface area contributed by atoms with Crippen molar-refractivity contribution in [2.45, 2.75) is 116 Å². The molecule has 240 valence electrons. The van der Waals surface area contributed by atoms with Gasteiger partial charge in [-0.3, -0.25) is 33.9 Å². The fourth-order valence-corrected chi connectivity index (χ4v) is 5.34. The summed E-state index contributed by atoms with van der Waals surface area (Å²) in [6.45, 7) is 10.6. The lowest BCUT2D eigenvalue weighted by Crippen LogP contribution is -2.56. The van der Waals surface area contributed by atoms with Gasteiger partial charge in [0.1, 0.15) is 12.1 Å². The van der Waals surface area contributed by atoms with Gasteiger partial charge in [-0.05, 0) is 57.1 Å². The molecule has 12 nitrogen and oxygen atoms in total. The molecule has 0 spiro atoms. The van der Waals surface area contributed by atoms with Crippen LogP contribution in [0.2, 0.25) is 0 Å². The highest BCUT2D eigenvalue weighted by Crippen LogP contribution is 2.21. The molecule has 5 N–H and O–H groups in total. The van der Waals surface area contributed by atoms with Crippen molar-refractivity contribution in [3.05, 3.63) is 30.1 Å². The summed E-state index contributed by atoms with van der Waals surface area (Å²) in [4.78, 5) is 68.8. The Morgan fingerprint density at radius 1 is 1.07 bits per heavy atom. The fraction of sp³-hybridized carbons (Fsp3) is 0.677. The molecule has 0 bridgehead atoms. The third-order valence-corrected chi connectivity index (χ3v) is 8.10. The van der Waals surface area contributed by atoms with Crippen LogP contribution in [0.3, 0.4) is 0 Å². The third-order valence-electron chi connectivity index (χ3n) is 8.10. The second kappa shape index (κ2) is 18.2. The Kier molecular flexibility index (Phi) is 15.1. The number of pyridine rings is 1. The van der Waals surface area contributed by atoms with Gasteiger partial charge in [-0.2, -0.15) is 0 Å². The molecule has 0 aromatic carbocycles. The maximum absolute atomic E-state index is 13.3. The predicted molar refractivity (Wildman–Crippen MR) is 163 cm³/mol. The molecule has 0 aliphatic carbocycles. The van der Waals surface area contributed by atoms with Crippen LogP contribution in [0.5, 0.6) is 0 Å². The lowest BCUT2D eigenvalue weighted by molar-refractivity contribution is -0.137. The number of aromatic nitrogens is 1. The summed E-state index contributed by atoms with van der Waals surface area (Å²) >= 11 is 0. The van der Waals surface area contributed by atoms with Gasteiger partial charge in [-0.15, -0.1) is 0 Å². The molecule has 4 amide bonds. The molecule has 0 radical (unpaired) electrons. The molecular formula is C31H50N6O6. The van der Waals surface area contributed by atoms with Crippen LogP contribution >= 0.6 is 0 Å². The van der Waals surface area contributed by atoms with Crippen LogP contribution in [0.1, 0.15) is 85.1 Å². The molecule has 12 heteroatoms. The van der Waals surface area contributed by atoms with Crippen molar-refractivity contribution in [2.75, 3.05) is 13.1 Å². The molecule has 0 saturated carbocycles. The minimum Gasteiger partial charge on any atom is -0.481 e. The lowest BCUT2D eigenvalue weighted by Gasteiger charge is -2.28. The molecule has 6 atom stereocenters. The van der Waals surface area contributed by atoms with E-state index >= 15 is 0 Å². The van der Waals surface area contributed by atoms with E-state index in [1.165, 1.54) is 0 Å². The Balaban J connectivity index is 1.93. The number of carboxylic acids is 1. The number of likely N-dealkylation sites (tertiary alicyclic amines) is 1. The Bertz CT molecular complexity index is 1070. The van der Waals surface area contributed by atoms with Gasteiger partial charge in [0.2, 0.25) is 23.6 Å². The van der Waals surface area contributed by atoms with Gasteiger partial charge in [0, 0.05) is 50.4 Å². The van der Waals surface area contributed by atoms with Gasteiger partial charge >= 0.3 is 5.97 Å². The predicted octanol–water partition coefficient (Wildman–Crippen LogP) is 1.78. The number of nitrogens with zero attached hydrogens (tertiary/aromatic N) is 2. The van der Waals surface area contributed by atoms with Gasteiger partial charge in [0.15, 0.2) is 0 Å². The first-order valence-corrected chi connectivity index (χ1v) is 15.5. The summed E-state index contributed by atoms with van der Waals surface area (Å²) in [7, 11) is 0. The second-order valence-corrected chi connectivity index (χ2v) is 11.6. The van der Waals surface area contributed by atoms with Gasteiger partial charge in [0.25, 0.3) is 0 Å². The molecular weight excluding hydrogens is 552 g/mol. The zero-order valence-electron chi connectivity index (χ0n) is 26.2. The molecule has 2 heterocycles. The van der Waals surface area contributed by atoms with Gasteiger partial charge in [-0.25, -0.2) is 0 Å². The smallest absolute Gasteiger partial charge is 0.303 e. The van der Waals surface area contributed by atoms with Crippen LogP contribution < -0.4 is 21.3 Å². The minimum absolute atomic E-state index is 0.00268. The molecule has 1 aromatic rings. The van der Waals surface area contributed by atoms with Gasteiger partial charge in [0.05, 0.1) is 6.04 Å². The van der Waals surface area contributed by atoms with E-state index in [-0.39, 0.29) is 55.1 Å². The quantitative estimate of drug-likeness (QED) is 0.169. The number of aliphatic carboxylic acids is 1. The number of hydrogen-bond acceptors (Lipinski definition) is 7. The first-order valence-electron chi connectivity index (χ1n) is 15.5. The number of hydrogen-bond donors (Lipinski definition) is 5. The number of carboxylic acid groups (broad SMARTS) is 1. The van der Waals surface area contributed by atoms with Crippen molar-refractivity contribution in [1.82, 2.24) is 31.2 Å². The average Bonchev–Trinajstić information content (AvgIpc) is 3.34. The van der Waals surface area contributed by atoms with Crippen LogP contribution in [0.4, 0.5) is 0 Å². The molecule has 1 unspecified atom stereocenters. The Hall–Kier alpha value is -3.54. The molecule has 1 aliphatic heterocycles. The number of amides is 4. The van der Waals surface area contributed by atoms with Gasteiger partial charge in [-0.1, -0.05) is 39.7 Å². The van der Waals surface area contributed by atoms with Gasteiger partial charge < -0.3 is 26.4 Å². The summed E-state index contributed by atoms with van der Waals surface area (Å²) in [6, 6.07) is 1.76. The number of carbonyl (C=O) groups excluding carboxylic acids is 4. The van der Waals surface area contributed by atoms with Crippen LogP contribution in [-0.4, -0.2) is 87.9 Å². The zero-order chi connectivity index (χ0) is 31.9. The van der Waals surface area contributed by atoms with E-state index in [0.29, 0.717) is 45.2 Å². The van der Waals surface area contributed by atoms with E-state index in [1.54, 1.807) is 12.4 Å². The standard InChI is InChI=1S/C31H50N6O6/c1-6-10-25(35-31(43)28(20(3)7-2)36-26(38)12-8-13-27(39)40)30(42)34-24-17-21(4)37(19-24)22(5)29(41)33-16-14-23-11-9-15-32-18-23/h9,11,15,18,20-22,24-25,28H,6-8,10,12-14,16-17,19H2,1-5H3,(H,33,41)(H,34,42)(H,35,43)(H,36,38)(H,39,40)/t20-,21?,22-,24-,25-,28-/m0/s1. The van der Waals surface area contributed by atoms with Crippen LogP contribution in [0.15, 0.2) is 24.5 Å². The second-order valence-electron chi connectivity index (χ2n) is 11.6. The van der Waals surface area contributed by atoms with E-state index in [1.807, 2.05) is 46.8 Å². The van der Waals surface area contributed by atoms with E-state index in [2.05, 4.69) is 31.2 Å². The third kappa shape index (κ3) is 11.9. The number of nitrogens with one attached hydrogen (secondary N) is 4. The summed E-state index contributed by atoms with van der Waals surface area (Å²) in [5.74, 6) is -2.36. The van der Waals surface area contributed by atoms with Crippen molar-refractivity contribution in [2.24, 2.45) is 5.92 Å². The Morgan fingerprint density at radius 3 is 2.44 bits per heavy atom. The maximum atomic E-state index is 13.3. The van der Waals surface area contributed by atoms with E-state index in [9.17, 15) is 24.0 Å². The van der Waals surface area contributed by atoms with Crippen LogP contribution in [0, 0.1) is 5.92 Å². The van der Waals surface area contributed by atoms with E-state index in [4.69, 9.17) is 5.11 Å². The summed E-state index contributed by atoms with van der Waals surface area (Å²) < 4.78 is 0. The zero-order valence-corrected chi connectivity index (χ0v) is 26.2. The van der Waals surface area contributed by atoms with Crippen molar-refractivity contribution < 1.29 is 29.1 Å². The monoisotopic (exact) mass is 602 g/mol. The highest BCUT2D eigenvalue weighted by molar-refractivity contribution is 5.92. The number of rotatable bonds is 18. The Morgan fingerprint density at radius 2 is 1.81 bits per heavy atom. The normalized spacial score (nSPS) is 19.5. The van der Waals surface area contributed by atoms with Crippen LogP contribution in [-0.2, 0) is 30.4 Å². The van der Waals surface area contributed by atoms with Crippen LogP contribution in [0.25, 0.3) is 0 Å². The molecule has 1 aromatic heterocycles. The molecule has 1 fully saturated rings. The van der Waals surface area contributed by atoms with E-state index in [0.717, 1.165) is 5.56 Å². The molecule has 1 aliphatic rings. The van der Waals surface area contributed by atoms with E-state index < -0.39 is 29.9 Å². The highest BCUT2D eigenvalue weighted by atomic mass is 16.4. The highest BCUT2D eigenvalue weighted by Gasteiger charge is 2.37. The number of carbonyl (C=O) groups is 5. The molecule has 2 rings (SSSR count). The fourth-order valence-electron chi connectivity index (χ4n) is 5.34. The van der Waals surface area contributed by atoms with Crippen molar-refractivity contribution in [3.63, 3.8) is 0 Å². The first kappa shape index (κ1) is 35.7. The summed E-state index contributed by atoms with van der Waals surface area (Å²) in [6.07, 6.45) is 6.64. The molecule has 43 heavy (non-hydrogen) atoms. The largest absolute Gasteiger partial charge is 0.481 e. The average molecular weight is 603 g/mol. The SMILES string of the molecule is CCC[C@H](NC(=O)[C@@H](NC(=O)CCCC(=O)O)[C@@H](C)CC)C(=O)N[C@H]1CC(C)N([C@@H](C)C(=O)NCCc2cccnc2)C1. The molecule has 1 saturated heterocycles.